The lowest BCUT2D eigenvalue weighted by Gasteiger charge is -2.28. The molecule has 1 amide bonds. The van der Waals surface area contributed by atoms with Crippen molar-refractivity contribution in [3.05, 3.63) is 101 Å². The van der Waals surface area contributed by atoms with E-state index in [9.17, 15) is 18.7 Å². The molecule has 3 aromatic rings. The summed E-state index contributed by atoms with van der Waals surface area (Å²) in [7, 11) is 3.87. The zero-order valence-electron chi connectivity index (χ0n) is 16.2. The predicted molar refractivity (Wildman–Crippen MR) is 108 cm³/mol. The fourth-order valence-electron chi connectivity index (χ4n) is 3.03. The van der Waals surface area contributed by atoms with Crippen molar-refractivity contribution < 1.29 is 18.7 Å². The number of aliphatic hydroxyl groups is 1. The number of carbonyl (C=O) groups is 1. The molecule has 0 aliphatic rings. The van der Waals surface area contributed by atoms with Gasteiger partial charge in [0.25, 0.3) is 5.91 Å². The molecule has 0 spiro atoms. The van der Waals surface area contributed by atoms with Crippen LogP contribution in [0.4, 0.5) is 14.5 Å². The highest BCUT2D eigenvalue weighted by Crippen LogP contribution is 2.30. The highest BCUT2D eigenvalue weighted by molar-refractivity contribution is 5.90. The van der Waals surface area contributed by atoms with Gasteiger partial charge in [-0.2, -0.15) is 0 Å². The quantitative estimate of drug-likeness (QED) is 0.670. The zero-order chi connectivity index (χ0) is 21.0. The molecule has 150 valence electrons. The molecule has 0 atom stereocenters. The molecule has 0 fully saturated rings. The smallest absolute Gasteiger partial charge is 0.261 e. The Morgan fingerprint density at radius 3 is 1.72 bits per heavy atom. The maximum Gasteiger partial charge on any atom is 0.261 e. The minimum Gasteiger partial charge on any atom is -0.378 e. The lowest BCUT2D eigenvalue weighted by atomic mass is 9.85. The Hall–Kier alpha value is -3.25. The Morgan fingerprint density at radius 1 is 0.862 bits per heavy atom. The van der Waals surface area contributed by atoms with Crippen LogP contribution in [0.3, 0.4) is 0 Å². The summed E-state index contributed by atoms with van der Waals surface area (Å²) in [5.74, 6) is -1.67. The fraction of sp³-hybridized carbons (Fsp3) is 0.174. The Kier molecular flexibility index (Phi) is 5.94. The summed E-state index contributed by atoms with van der Waals surface area (Å²) in [6.45, 7) is 0.192. The van der Waals surface area contributed by atoms with Crippen molar-refractivity contribution in [2.45, 2.75) is 12.1 Å². The van der Waals surface area contributed by atoms with Crippen LogP contribution in [0, 0.1) is 11.6 Å². The van der Waals surface area contributed by atoms with Gasteiger partial charge in [0, 0.05) is 26.3 Å². The van der Waals surface area contributed by atoms with Gasteiger partial charge in [0.05, 0.1) is 0 Å². The number of benzene rings is 3. The summed E-state index contributed by atoms with van der Waals surface area (Å²) in [5.41, 5.74) is 0.154. The van der Waals surface area contributed by atoms with E-state index in [0.29, 0.717) is 0 Å². The molecule has 4 nitrogen and oxygen atoms in total. The molecule has 0 heterocycles. The summed E-state index contributed by atoms with van der Waals surface area (Å²) in [6.07, 6.45) is 0. The van der Waals surface area contributed by atoms with Crippen molar-refractivity contribution in [1.29, 1.82) is 0 Å². The van der Waals surface area contributed by atoms with Crippen LogP contribution in [0.15, 0.2) is 72.8 Å². The maximum atomic E-state index is 13.4. The van der Waals surface area contributed by atoms with E-state index in [1.165, 1.54) is 24.3 Å². The highest BCUT2D eigenvalue weighted by Gasteiger charge is 2.39. The number of hydrogen-bond acceptors (Lipinski definition) is 3. The molecule has 0 aromatic heterocycles. The van der Waals surface area contributed by atoms with E-state index in [1.807, 2.05) is 43.3 Å². The van der Waals surface area contributed by atoms with Crippen molar-refractivity contribution in [1.82, 2.24) is 5.32 Å². The molecule has 3 aromatic carbocycles. The van der Waals surface area contributed by atoms with E-state index in [0.717, 1.165) is 35.5 Å². The van der Waals surface area contributed by atoms with Crippen LogP contribution >= 0.6 is 0 Å². The minimum absolute atomic E-state index is 0.186. The van der Waals surface area contributed by atoms with Gasteiger partial charge in [-0.3, -0.25) is 4.79 Å². The van der Waals surface area contributed by atoms with Crippen LogP contribution < -0.4 is 10.2 Å². The van der Waals surface area contributed by atoms with Gasteiger partial charge < -0.3 is 15.3 Å². The number of carbonyl (C=O) groups excluding carboxylic acids is 1. The van der Waals surface area contributed by atoms with Gasteiger partial charge in [-0.15, -0.1) is 0 Å². The van der Waals surface area contributed by atoms with Gasteiger partial charge in [0.2, 0.25) is 0 Å². The zero-order valence-corrected chi connectivity index (χ0v) is 16.2. The van der Waals surface area contributed by atoms with Gasteiger partial charge in [-0.1, -0.05) is 36.4 Å². The second-order valence-corrected chi connectivity index (χ2v) is 6.97. The van der Waals surface area contributed by atoms with Gasteiger partial charge in [0.15, 0.2) is 5.60 Å². The molecule has 2 N–H and O–H groups in total. The van der Waals surface area contributed by atoms with E-state index >= 15 is 0 Å². The molecule has 0 aliphatic heterocycles. The number of hydrogen-bond donors (Lipinski definition) is 2. The Balaban J connectivity index is 1.88. The summed E-state index contributed by atoms with van der Waals surface area (Å²) >= 11 is 0. The minimum atomic E-state index is -2.09. The lowest BCUT2D eigenvalue weighted by molar-refractivity contribution is -0.136. The molecule has 3 rings (SSSR count). The third-order valence-corrected chi connectivity index (χ3v) is 4.76. The van der Waals surface area contributed by atoms with Crippen LogP contribution in [0.1, 0.15) is 16.7 Å². The second kappa shape index (κ2) is 8.41. The molecule has 0 aliphatic carbocycles. The maximum absolute atomic E-state index is 13.4. The Bertz CT molecular complexity index is 924. The van der Waals surface area contributed by atoms with Crippen LogP contribution in [0.25, 0.3) is 0 Å². The average molecular weight is 396 g/mol. The molecule has 0 unspecified atom stereocenters. The monoisotopic (exact) mass is 396 g/mol. The molecule has 0 saturated carbocycles. The number of nitrogens with one attached hydrogen (secondary N) is 1. The number of nitrogens with zero attached hydrogens (tertiary/aromatic N) is 1. The van der Waals surface area contributed by atoms with Gasteiger partial charge >= 0.3 is 0 Å². The summed E-state index contributed by atoms with van der Waals surface area (Å²) in [4.78, 5) is 15.0. The highest BCUT2D eigenvalue weighted by atomic mass is 19.1. The first-order chi connectivity index (χ1) is 13.8. The third-order valence-electron chi connectivity index (χ3n) is 4.76. The average Bonchev–Trinajstić information content (AvgIpc) is 2.72. The SMILES string of the molecule is CN(C)c1ccc(CNC(=O)C(O)(c2ccc(F)cc2)c2ccc(F)cc2)cc1. The van der Waals surface area contributed by atoms with E-state index in [2.05, 4.69) is 5.32 Å². The molecule has 6 heteroatoms. The number of halogens is 2. The molecular weight excluding hydrogens is 374 g/mol. The molecule has 0 bridgehead atoms. The molecular formula is C23H22F2N2O2. The standard InChI is InChI=1S/C23H22F2N2O2/c1-27(2)21-13-3-16(4-14-21)15-26-22(28)23(29,17-5-9-19(24)10-6-17)18-7-11-20(25)12-8-18/h3-14,29H,15H2,1-2H3,(H,26,28). The summed E-state index contributed by atoms with van der Waals surface area (Å²) in [6, 6.07) is 17.6. The van der Waals surface area contributed by atoms with Gasteiger partial charge in [-0.05, 0) is 53.1 Å². The molecule has 0 saturated heterocycles. The fourth-order valence-corrected chi connectivity index (χ4v) is 3.03. The lowest BCUT2D eigenvalue weighted by Crippen LogP contribution is -2.45. The third kappa shape index (κ3) is 4.43. The van der Waals surface area contributed by atoms with E-state index < -0.39 is 23.1 Å². The summed E-state index contributed by atoms with van der Waals surface area (Å²) in [5, 5.41) is 14.1. The van der Waals surface area contributed by atoms with Crippen molar-refractivity contribution in [3.8, 4) is 0 Å². The van der Waals surface area contributed by atoms with Crippen molar-refractivity contribution in [2.24, 2.45) is 0 Å². The van der Waals surface area contributed by atoms with Crippen molar-refractivity contribution >= 4 is 11.6 Å². The molecule has 0 radical (unpaired) electrons. The Morgan fingerprint density at radius 2 is 1.31 bits per heavy atom. The number of rotatable bonds is 6. The van der Waals surface area contributed by atoms with E-state index in [1.54, 1.807) is 0 Å². The Labute approximate surface area is 168 Å². The number of amides is 1. The molecule has 29 heavy (non-hydrogen) atoms. The van der Waals surface area contributed by atoms with Gasteiger partial charge in [-0.25, -0.2) is 8.78 Å². The first-order valence-electron chi connectivity index (χ1n) is 9.09. The largest absolute Gasteiger partial charge is 0.378 e. The van der Waals surface area contributed by atoms with Crippen LogP contribution in [0.5, 0.6) is 0 Å². The van der Waals surface area contributed by atoms with Crippen LogP contribution in [-0.2, 0) is 16.9 Å². The van der Waals surface area contributed by atoms with Crippen molar-refractivity contribution in [2.75, 3.05) is 19.0 Å². The van der Waals surface area contributed by atoms with E-state index in [-0.39, 0.29) is 17.7 Å². The van der Waals surface area contributed by atoms with Crippen molar-refractivity contribution in [3.63, 3.8) is 0 Å². The van der Waals surface area contributed by atoms with E-state index in [4.69, 9.17) is 0 Å². The first kappa shape index (κ1) is 20.5. The van der Waals surface area contributed by atoms with Gasteiger partial charge in [0.1, 0.15) is 11.6 Å². The predicted octanol–water partition coefficient (Wildman–Crippen LogP) is 3.58. The number of anilines is 1. The van der Waals surface area contributed by atoms with Crippen LogP contribution in [0.2, 0.25) is 0 Å². The first-order valence-corrected chi connectivity index (χ1v) is 9.09. The summed E-state index contributed by atoms with van der Waals surface area (Å²) < 4.78 is 26.7. The van der Waals surface area contributed by atoms with Crippen LogP contribution in [-0.4, -0.2) is 25.1 Å². The second-order valence-electron chi connectivity index (χ2n) is 6.97. The normalized spacial score (nSPS) is 11.2. The topological polar surface area (TPSA) is 52.6 Å².